The summed E-state index contributed by atoms with van der Waals surface area (Å²) in [6, 6.07) is 15.8. The van der Waals surface area contributed by atoms with Gasteiger partial charge in [0.2, 0.25) is 5.91 Å². The van der Waals surface area contributed by atoms with E-state index in [1.165, 1.54) is 11.1 Å². The van der Waals surface area contributed by atoms with Crippen molar-refractivity contribution in [3.63, 3.8) is 0 Å². The maximum atomic E-state index is 12.4. The zero-order valence-corrected chi connectivity index (χ0v) is 12.6. The molecule has 0 spiro atoms. The molecule has 1 atom stereocenters. The lowest BCUT2D eigenvalue weighted by molar-refractivity contribution is -0.116. The minimum absolute atomic E-state index is 0.0151. The Morgan fingerprint density at radius 3 is 2.86 bits per heavy atom. The molecule has 2 N–H and O–H groups in total. The minimum Gasteiger partial charge on any atom is -0.495 e. The molecule has 1 amide bonds. The van der Waals surface area contributed by atoms with Crippen molar-refractivity contribution in [2.24, 2.45) is 0 Å². The van der Waals surface area contributed by atoms with Crippen molar-refractivity contribution >= 4 is 11.6 Å². The number of carbonyl (C=O) groups excluding carboxylic acids is 1. The fourth-order valence-corrected chi connectivity index (χ4v) is 2.91. The van der Waals surface area contributed by atoms with Crippen molar-refractivity contribution in [2.45, 2.75) is 18.9 Å². The van der Waals surface area contributed by atoms with Crippen molar-refractivity contribution < 1.29 is 9.53 Å². The number of ether oxygens (including phenoxy) is 1. The van der Waals surface area contributed by atoms with E-state index >= 15 is 0 Å². The maximum Gasteiger partial charge on any atom is 0.226 e. The highest BCUT2D eigenvalue weighted by molar-refractivity contribution is 5.92. The van der Waals surface area contributed by atoms with E-state index in [0.29, 0.717) is 17.9 Å². The molecule has 1 aliphatic heterocycles. The van der Waals surface area contributed by atoms with Crippen LogP contribution in [0.2, 0.25) is 0 Å². The number of amides is 1. The Morgan fingerprint density at radius 2 is 2.00 bits per heavy atom. The molecule has 3 rings (SSSR count). The summed E-state index contributed by atoms with van der Waals surface area (Å²) in [5.41, 5.74) is 3.26. The van der Waals surface area contributed by atoms with Gasteiger partial charge in [0.1, 0.15) is 5.75 Å². The van der Waals surface area contributed by atoms with E-state index in [4.69, 9.17) is 4.74 Å². The molecular weight excluding hydrogens is 276 g/mol. The van der Waals surface area contributed by atoms with E-state index < -0.39 is 0 Å². The number of fused-ring (bicyclic) bond motifs is 1. The molecule has 2 aromatic rings. The molecule has 0 radical (unpaired) electrons. The van der Waals surface area contributed by atoms with Gasteiger partial charge in [-0.3, -0.25) is 4.79 Å². The summed E-state index contributed by atoms with van der Waals surface area (Å²) in [5, 5.41) is 6.36. The fraction of sp³-hybridized carbons (Fsp3) is 0.278. The van der Waals surface area contributed by atoms with Gasteiger partial charge < -0.3 is 15.4 Å². The number of para-hydroxylation sites is 2. The molecule has 2 aromatic carbocycles. The topological polar surface area (TPSA) is 50.4 Å². The van der Waals surface area contributed by atoms with Crippen LogP contribution in [0.5, 0.6) is 5.75 Å². The molecule has 0 bridgehead atoms. The van der Waals surface area contributed by atoms with E-state index in [0.717, 1.165) is 13.0 Å². The Hall–Kier alpha value is -2.33. The quantitative estimate of drug-likeness (QED) is 0.912. The molecule has 0 fully saturated rings. The molecule has 0 saturated carbocycles. The molecule has 0 aliphatic carbocycles. The summed E-state index contributed by atoms with van der Waals surface area (Å²) in [6.07, 6.45) is 1.43. The van der Waals surface area contributed by atoms with Crippen LogP contribution >= 0.6 is 0 Å². The highest BCUT2D eigenvalue weighted by Crippen LogP contribution is 2.27. The molecule has 22 heavy (non-hydrogen) atoms. The number of benzene rings is 2. The highest BCUT2D eigenvalue weighted by Gasteiger charge is 2.22. The van der Waals surface area contributed by atoms with Crippen LogP contribution in [0.1, 0.15) is 23.6 Å². The Balaban J connectivity index is 1.70. The predicted molar refractivity (Wildman–Crippen MR) is 87.1 cm³/mol. The monoisotopic (exact) mass is 296 g/mol. The van der Waals surface area contributed by atoms with Crippen molar-refractivity contribution in [2.75, 3.05) is 19.0 Å². The summed E-state index contributed by atoms with van der Waals surface area (Å²) < 4.78 is 5.26. The second kappa shape index (κ2) is 6.62. The Kier molecular flexibility index (Phi) is 4.39. The predicted octanol–water partition coefficient (Wildman–Crippen LogP) is 2.91. The molecular formula is C18H20N2O2. The van der Waals surface area contributed by atoms with Gasteiger partial charge in [0.05, 0.1) is 12.8 Å². The second-order valence-corrected chi connectivity index (χ2v) is 5.41. The Bertz CT molecular complexity index is 670. The number of anilines is 1. The van der Waals surface area contributed by atoms with E-state index in [9.17, 15) is 4.79 Å². The number of rotatable bonds is 4. The van der Waals surface area contributed by atoms with Crippen LogP contribution in [-0.4, -0.2) is 19.6 Å². The van der Waals surface area contributed by atoms with Crippen molar-refractivity contribution in [3.05, 3.63) is 59.7 Å². The number of nitrogens with one attached hydrogen (secondary N) is 2. The average Bonchev–Trinajstić information content (AvgIpc) is 2.55. The Labute approximate surface area is 130 Å². The number of carbonyl (C=O) groups is 1. The van der Waals surface area contributed by atoms with Crippen LogP contribution in [0.25, 0.3) is 0 Å². The minimum atomic E-state index is -0.0151. The summed E-state index contributed by atoms with van der Waals surface area (Å²) in [4.78, 5) is 12.4. The lowest BCUT2D eigenvalue weighted by Crippen LogP contribution is -2.32. The second-order valence-electron chi connectivity index (χ2n) is 5.41. The van der Waals surface area contributed by atoms with Crippen LogP contribution in [-0.2, 0) is 11.2 Å². The van der Waals surface area contributed by atoms with Crippen molar-refractivity contribution in [1.29, 1.82) is 0 Å². The van der Waals surface area contributed by atoms with Gasteiger partial charge in [-0.15, -0.1) is 0 Å². The first-order chi connectivity index (χ1) is 10.8. The summed E-state index contributed by atoms with van der Waals surface area (Å²) in [7, 11) is 1.60. The molecule has 0 saturated heterocycles. The van der Waals surface area contributed by atoms with Gasteiger partial charge in [0, 0.05) is 12.5 Å². The largest absolute Gasteiger partial charge is 0.495 e. The summed E-state index contributed by atoms with van der Waals surface area (Å²) >= 11 is 0. The molecule has 1 unspecified atom stereocenters. The van der Waals surface area contributed by atoms with E-state index in [1.54, 1.807) is 7.11 Å². The zero-order valence-electron chi connectivity index (χ0n) is 12.6. The number of hydrogen-bond acceptors (Lipinski definition) is 3. The standard InChI is InChI=1S/C18H20N2O2/c1-22-17-9-5-4-8-15(17)20-18(21)12-16-14-7-3-2-6-13(14)10-11-19-16/h2-9,16,19H,10-12H2,1H3,(H,20,21). The van der Waals surface area contributed by atoms with E-state index in [1.807, 2.05) is 30.3 Å². The third kappa shape index (κ3) is 3.12. The summed E-state index contributed by atoms with van der Waals surface area (Å²) in [6.45, 7) is 0.906. The van der Waals surface area contributed by atoms with Crippen LogP contribution < -0.4 is 15.4 Å². The Morgan fingerprint density at radius 1 is 1.23 bits per heavy atom. The SMILES string of the molecule is COc1ccccc1NC(=O)CC1NCCc2ccccc21. The third-order valence-electron chi connectivity index (χ3n) is 3.99. The first-order valence-corrected chi connectivity index (χ1v) is 7.52. The normalized spacial score (nSPS) is 16.7. The van der Waals surface area contributed by atoms with Gasteiger partial charge in [-0.25, -0.2) is 0 Å². The van der Waals surface area contributed by atoms with Gasteiger partial charge in [0.25, 0.3) is 0 Å². The van der Waals surface area contributed by atoms with Crippen LogP contribution in [0.15, 0.2) is 48.5 Å². The molecule has 1 aliphatic rings. The molecule has 4 nitrogen and oxygen atoms in total. The number of methoxy groups -OCH3 is 1. The van der Waals surface area contributed by atoms with E-state index in [2.05, 4.69) is 28.8 Å². The number of hydrogen-bond donors (Lipinski definition) is 2. The fourth-order valence-electron chi connectivity index (χ4n) is 2.91. The van der Waals surface area contributed by atoms with E-state index in [-0.39, 0.29) is 11.9 Å². The third-order valence-corrected chi connectivity index (χ3v) is 3.99. The molecule has 0 aromatic heterocycles. The van der Waals surface area contributed by atoms with Crippen LogP contribution in [0, 0.1) is 0 Å². The lowest BCUT2D eigenvalue weighted by atomic mass is 9.92. The van der Waals surface area contributed by atoms with Gasteiger partial charge in [0.15, 0.2) is 0 Å². The van der Waals surface area contributed by atoms with Crippen molar-refractivity contribution in [3.8, 4) is 5.75 Å². The first kappa shape index (κ1) is 14.6. The van der Waals surface area contributed by atoms with Crippen LogP contribution in [0.3, 0.4) is 0 Å². The highest BCUT2D eigenvalue weighted by atomic mass is 16.5. The lowest BCUT2D eigenvalue weighted by Gasteiger charge is -2.26. The molecule has 114 valence electrons. The smallest absolute Gasteiger partial charge is 0.226 e. The van der Waals surface area contributed by atoms with Crippen molar-refractivity contribution in [1.82, 2.24) is 5.32 Å². The molecule has 1 heterocycles. The maximum absolute atomic E-state index is 12.4. The average molecular weight is 296 g/mol. The van der Waals surface area contributed by atoms with Gasteiger partial charge in [-0.05, 0) is 36.2 Å². The van der Waals surface area contributed by atoms with Gasteiger partial charge in [-0.1, -0.05) is 36.4 Å². The zero-order chi connectivity index (χ0) is 15.4. The molecule has 4 heteroatoms. The van der Waals surface area contributed by atoms with Crippen LogP contribution in [0.4, 0.5) is 5.69 Å². The first-order valence-electron chi connectivity index (χ1n) is 7.52. The van der Waals surface area contributed by atoms with Gasteiger partial charge >= 0.3 is 0 Å². The summed E-state index contributed by atoms with van der Waals surface area (Å²) in [5.74, 6) is 0.659. The van der Waals surface area contributed by atoms with Gasteiger partial charge in [-0.2, -0.15) is 0 Å².